The van der Waals surface area contributed by atoms with E-state index in [9.17, 15) is 14.7 Å². The maximum Gasteiger partial charge on any atom is 0.330 e. The van der Waals surface area contributed by atoms with E-state index in [1.54, 1.807) is 14.2 Å². The van der Waals surface area contributed by atoms with Gasteiger partial charge in [0.25, 0.3) is 5.56 Å². The second kappa shape index (κ2) is 13.6. The van der Waals surface area contributed by atoms with Gasteiger partial charge in [0.05, 0.1) is 20.8 Å². The Morgan fingerprint density at radius 1 is 0.932 bits per heavy atom. The third-order valence-electron chi connectivity index (χ3n) is 7.46. The lowest BCUT2D eigenvalue weighted by atomic mass is 9.80. The molecule has 4 atom stereocenters. The van der Waals surface area contributed by atoms with E-state index in [2.05, 4.69) is 15.0 Å². The molecule has 0 aliphatic carbocycles. The van der Waals surface area contributed by atoms with Crippen molar-refractivity contribution < 1.29 is 28.8 Å². The fourth-order valence-corrected chi connectivity index (χ4v) is 5.31. The molecule has 0 saturated carbocycles. The van der Waals surface area contributed by atoms with Crippen LogP contribution in [0.5, 0.6) is 11.5 Å². The predicted molar refractivity (Wildman–Crippen MR) is 158 cm³/mol. The Balaban J connectivity index is 1.57. The summed E-state index contributed by atoms with van der Waals surface area (Å²) in [6.45, 7) is -0.584. The number of hydrogen-bond acceptors (Lipinski definition) is 9. The molecule has 0 amide bonds. The molecule has 0 radical (unpaired) electrons. The van der Waals surface area contributed by atoms with Gasteiger partial charge < -0.3 is 28.8 Å². The van der Waals surface area contributed by atoms with Crippen LogP contribution in [-0.4, -0.2) is 60.5 Å². The second-order valence-electron chi connectivity index (χ2n) is 9.88. The number of nitrogens with zero attached hydrogens (tertiary/aromatic N) is 4. The number of methoxy groups -OCH3 is 2. The molecule has 1 aromatic heterocycles. The largest absolute Gasteiger partial charge is 0.497 e. The molecule has 0 unspecified atom stereocenters. The monoisotopic (exact) mass is 601 g/mol. The van der Waals surface area contributed by atoms with Crippen LogP contribution in [0.3, 0.4) is 0 Å². The van der Waals surface area contributed by atoms with Crippen LogP contribution in [0.1, 0.15) is 22.9 Å². The first kappa shape index (κ1) is 30.5. The Morgan fingerprint density at radius 2 is 1.52 bits per heavy atom. The van der Waals surface area contributed by atoms with Crippen LogP contribution in [0.2, 0.25) is 0 Å². The fourth-order valence-electron chi connectivity index (χ4n) is 5.31. The molecule has 2 N–H and O–H groups in total. The van der Waals surface area contributed by atoms with Gasteiger partial charge in [0.2, 0.25) is 0 Å². The van der Waals surface area contributed by atoms with Crippen LogP contribution >= 0.6 is 0 Å². The van der Waals surface area contributed by atoms with Gasteiger partial charge in [-0.1, -0.05) is 59.7 Å². The minimum atomic E-state index is -1.31. The van der Waals surface area contributed by atoms with Crippen molar-refractivity contribution in [1.29, 1.82) is 0 Å². The summed E-state index contributed by atoms with van der Waals surface area (Å²) in [5.41, 5.74) is 8.52. The van der Waals surface area contributed by atoms with E-state index in [0.717, 1.165) is 27.3 Å². The Bertz CT molecular complexity index is 1650. The van der Waals surface area contributed by atoms with Crippen LogP contribution < -0.4 is 20.7 Å². The zero-order valence-electron chi connectivity index (χ0n) is 24.0. The molecule has 1 aliphatic heterocycles. The van der Waals surface area contributed by atoms with E-state index in [0.29, 0.717) is 11.5 Å². The van der Waals surface area contributed by atoms with Gasteiger partial charge in [-0.25, -0.2) is 4.79 Å². The first-order valence-electron chi connectivity index (χ1n) is 13.7. The number of benzene rings is 3. The lowest BCUT2D eigenvalue weighted by Gasteiger charge is -2.37. The van der Waals surface area contributed by atoms with Crippen LogP contribution in [0.4, 0.5) is 0 Å². The lowest BCUT2D eigenvalue weighted by molar-refractivity contribution is -0.0979. The summed E-state index contributed by atoms with van der Waals surface area (Å²) < 4.78 is 30.6. The van der Waals surface area contributed by atoms with E-state index in [-0.39, 0.29) is 6.61 Å². The maximum atomic E-state index is 12.6. The second-order valence-corrected chi connectivity index (χ2v) is 9.88. The number of H-pyrrole nitrogens is 1. The number of aliphatic hydroxyl groups is 1. The molecule has 0 spiro atoms. The highest BCUT2D eigenvalue weighted by Crippen LogP contribution is 2.43. The summed E-state index contributed by atoms with van der Waals surface area (Å²) in [5, 5.41) is 14.8. The normalized spacial score (nSPS) is 19.7. The van der Waals surface area contributed by atoms with Crippen molar-refractivity contribution in [3.05, 3.63) is 139 Å². The average molecular weight is 602 g/mol. The van der Waals surface area contributed by atoms with Crippen LogP contribution in [0.15, 0.2) is 106 Å². The van der Waals surface area contributed by atoms with Gasteiger partial charge in [-0.05, 0) is 46.5 Å². The van der Waals surface area contributed by atoms with E-state index in [1.165, 1.54) is 6.20 Å². The van der Waals surface area contributed by atoms with E-state index >= 15 is 0 Å². The number of azide groups is 1. The Kier molecular flexibility index (Phi) is 9.44. The highest BCUT2D eigenvalue weighted by Gasteiger charge is 2.48. The highest BCUT2D eigenvalue weighted by atomic mass is 16.6. The fraction of sp³-hybridized carbons (Fsp3) is 0.290. The van der Waals surface area contributed by atoms with Gasteiger partial charge in [-0.2, -0.15) is 0 Å². The molecule has 1 fully saturated rings. The maximum absolute atomic E-state index is 12.6. The zero-order valence-corrected chi connectivity index (χ0v) is 24.0. The molecule has 13 heteroatoms. The van der Waals surface area contributed by atoms with E-state index < -0.39 is 48.1 Å². The quantitative estimate of drug-likeness (QED) is 0.108. The molecule has 0 bridgehead atoms. The van der Waals surface area contributed by atoms with Crippen molar-refractivity contribution in [2.75, 3.05) is 27.6 Å². The van der Waals surface area contributed by atoms with Gasteiger partial charge in [0.15, 0.2) is 6.23 Å². The number of aliphatic hydroxyl groups excluding tert-OH is 1. The summed E-state index contributed by atoms with van der Waals surface area (Å²) >= 11 is 0. The Labute approximate surface area is 251 Å². The van der Waals surface area contributed by atoms with Crippen LogP contribution in [0, 0.1) is 0 Å². The molecule has 4 aromatic rings. The number of aromatic nitrogens is 2. The molecule has 2 heterocycles. The third kappa shape index (κ3) is 6.09. The summed E-state index contributed by atoms with van der Waals surface area (Å²) in [6, 6.07) is 25.7. The smallest absolute Gasteiger partial charge is 0.330 e. The van der Waals surface area contributed by atoms with Crippen molar-refractivity contribution in [3.8, 4) is 11.5 Å². The van der Waals surface area contributed by atoms with Crippen LogP contribution in [-0.2, 0) is 19.8 Å². The first-order valence-corrected chi connectivity index (χ1v) is 13.7. The number of rotatable bonds is 12. The summed E-state index contributed by atoms with van der Waals surface area (Å²) in [4.78, 5) is 29.2. The van der Waals surface area contributed by atoms with Crippen molar-refractivity contribution in [2.45, 2.75) is 30.1 Å². The molecule has 13 nitrogen and oxygen atoms in total. The predicted octanol–water partition coefficient (Wildman–Crippen LogP) is 3.47. The Morgan fingerprint density at radius 3 is 2.07 bits per heavy atom. The van der Waals surface area contributed by atoms with Crippen LogP contribution in [0.25, 0.3) is 10.4 Å². The molecule has 44 heavy (non-hydrogen) atoms. The van der Waals surface area contributed by atoms with Crippen molar-refractivity contribution in [2.24, 2.45) is 5.11 Å². The van der Waals surface area contributed by atoms with Crippen molar-refractivity contribution in [3.63, 3.8) is 0 Å². The van der Waals surface area contributed by atoms with E-state index in [4.69, 9.17) is 29.2 Å². The number of nitrogens with one attached hydrogen (secondary N) is 1. The van der Waals surface area contributed by atoms with Gasteiger partial charge in [-0.3, -0.25) is 14.3 Å². The average Bonchev–Trinajstić information content (AvgIpc) is 3.36. The van der Waals surface area contributed by atoms with Gasteiger partial charge >= 0.3 is 5.69 Å². The van der Waals surface area contributed by atoms with Gasteiger partial charge in [0, 0.05) is 17.2 Å². The minimum Gasteiger partial charge on any atom is -0.497 e. The molecule has 5 rings (SSSR count). The lowest BCUT2D eigenvalue weighted by Crippen LogP contribution is -2.41. The number of hydrogen-bond donors (Lipinski definition) is 2. The summed E-state index contributed by atoms with van der Waals surface area (Å²) in [5.74, 6) is 1.32. The number of ether oxygens (including phenoxy) is 5. The molecular weight excluding hydrogens is 570 g/mol. The summed E-state index contributed by atoms with van der Waals surface area (Å²) in [7, 11) is 3.17. The Hall–Kier alpha value is -4.91. The van der Waals surface area contributed by atoms with Crippen molar-refractivity contribution in [1.82, 2.24) is 9.55 Å². The molecule has 1 saturated heterocycles. The summed E-state index contributed by atoms with van der Waals surface area (Å²) in [6.07, 6.45) is -3.37. The minimum absolute atomic E-state index is 0.163. The number of aromatic amines is 1. The molecular formula is C31H31N5O8. The molecule has 3 aromatic carbocycles. The van der Waals surface area contributed by atoms with Gasteiger partial charge in [-0.15, -0.1) is 0 Å². The third-order valence-corrected chi connectivity index (χ3v) is 7.46. The van der Waals surface area contributed by atoms with Crippen molar-refractivity contribution >= 4 is 0 Å². The highest BCUT2D eigenvalue weighted by molar-refractivity contribution is 5.49. The molecule has 228 valence electrons. The van der Waals surface area contributed by atoms with E-state index in [1.807, 2.05) is 78.9 Å². The van der Waals surface area contributed by atoms with Gasteiger partial charge in [0.1, 0.15) is 42.1 Å². The first-order chi connectivity index (χ1) is 21.4. The zero-order chi connectivity index (χ0) is 31.1. The standard InChI is InChI=1S/C31H31N5O8/c1-40-23-12-8-21(9-13-23)31(20-6-4-3-5-7-20,22-10-14-24(41-2)15-11-22)43-18-25-27(38)28(42-19-33-35-32)29(44-25)36-17-16-26(37)34-30(36)39/h3-17,25,27-29,38H,18-19H2,1-2H3,(H,34,37,39)/t25-,27-,28-,29-/m1/s1. The topological polar surface area (TPSA) is 170 Å². The molecule has 1 aliphatic rings. The SMILES string of the molecule is COc1ccc(C(OC[C@H]2O[C@@H](n3ccc(=O)[nH]c3=O)[C@H](OCN=[N+]=[N-])[C@@H]2O)(c2ccccc2)c2ccc(OC)cc2)cc1.